The lowest BCUT2D eigenvalue weighted by molar-refractivity contribution is 0.553. The van der Waals surface area contributed by atoms with Gasteiger partial charge in [0.15, 0.2) is 0 Å². The van der Waals surface area contributed by atoms with Crippen molar-refractivity contribution >= 4 is 31.6 Å². The minimum atomic E-state index is -3.37. The first kappa shape index (κ1) is 16.5. The molecule has 0 saturated carbocycles. The Morgan fingerprint density at radius 1 is 1.26 bits per heavy atom. The molecule has 0 aliphatic carbocycles. The van der Waals surface area contributed by atoms with Crippen LogP contribution in [0.1, 0.15) is 26.3 Å². The molecule has 1 atom stereocenters. The number of sulfonamides is 1. The number of hydrogen-bond donors (Lipinski definition) is 2. The zero-order valence-electron chi connectivity index (χ0n) is 11.7. The van der Waals surface area contributed by atoms with Crippen LogP contribution in [0.4, 0.5) is 5.69 Å². The molecular weight excluding hydrogens is 328 g/mol. The summed E-state index contributed by atoms with van der Waals surface area (Å²) in [6, 6.07) is 5.68. The zero-order chi connectivity index (χ0) is 14.6. The Morgan fingerprint density at radius 3 is 2.42 bits per heavy atom. The summed E-state index contributed by atoms with van der Waals surface area (Å²) >= 11 is 3.39. The van der Waals surface area contributed by atoms with Gasteiger partial charge in [-0.25, -0.2) is 8.42 Å². The van der Waals surface area contributed by atoms with E-state index in [4.69, 9.17) is 0 Å². The highest BCUT2D eigenvalue weighted by molar-refractivity contribution is 9.10. The van der Waals surface area contributed by atoms with Crippen molar-refractivity contribution in [3.05, 3.63) is 28.2 Å². The smallest absolute Gasteiger partial charge is 0.236 e. The molecule has 108 valence electrons. The van der Waals surface area contributed by atoms with Crippen molar-refractivity contribution in [3.8, 4) is 0 Å². The molecule has 0 spiro atoms. The van der Waals surface area contributed by atoms with Gasteiger partial charge in [-0.15, -0.1) is 0 Å². The van der Waals surface area contributed by atoms with Crippen LogP contribution in [0.3, 0.4) is 0 Å². The van der Waals surface area contributed by atoms with Gasteiger partial charge in [-0.3, -0.25) is 4.72 Å². The first-order valence-corrected chi connectivity index (χ1v) is 8.57. The van der Waals surface area contributed by atoms with Gasteiger partial charge in [-0.2, -0.15) is 0 Å². The van der Waals surface area contributed by atoms with Crippen LogP contribution in [-0.4, -0.2) is 26.3 Å². The second kappa shape index (κ2) is 6.72. The van der Waals surface area contributed by atoms with E-state index in [9.17, 15) is 8.42 Å². The number of anilines is 1. The third kappa shape index (κ3) is 5.12. The van der Waals surface area contributed by atoms with E-state index in [1.165, 1.54) is 0 Å². The first-order valence-electron chi connectivity index (χ1n) is 6.23. The van der Waals surface area contributed by atoms with Gasteiger partial charge in [0, 0.05) is 22.7 Å². The lowest BCUT2D eigenvalue weighted by Crippen LogP contribution is -2.37. The van der Waals surface area contributed by atoms with Crippen LogP contribution in [0, 0.1) is 6.92 Å². The predicted molar refractivity (Wildman–Crippen MR) is 84.0 cm³/mol. The molecule has 0 radical (unpaired) electrons. The molecule has 0 saturated heterocycles. The molecule has 19 heavy (non-hydrogen) atoms. The molecule has 0 aliphatic rings. The Kier molecular flexibility index (Phi) is 5.82. The number of aryl methyl sites for hydroxylation is 1. The molecule has 0 heterocycles. The number of hydrogen-bond acceptors (Lipinski definition) is 3. The maximum absolute atomic E-state index is 12.1. The average molecular weight is 349 g/mol. The van der Waals surface area contributed by atoms with Gasteiger partial charge in [0.1, 0.15) is 0 Å². The van der Waals surface area contributed by atoms with Gasteiger partial charge in [-0.05, 0) is 31.5 Å². The summed E-state index contributed by atoms with van der Waals surface area (Å²) < 4.78 is 27.8. The van der Waals surface area contributed by atoms with E-state index in [0.29, 0.717) is 12.2 Å². The van der Waals surface area contributed by atoms with Crippen LogP contribution in [0.15, 0.2) is 22.7 Å². The van der Waals surface area contributed by atoms with E-state index in [0.717, 1.165) is 10.0 Å². The molecule has 0 amide bonds. The molecule has 2 N–H and O–H groups in total. The SMILES string of the molecule is Cc1ccc(NS(=O)(=O)C(C)CNC(C)C)cc1Br. The Morgan fingerprint density at radius 2 is 1.89 bits per heavy atom. The molecule has 1 unspecified atom stereocenters. The van der Waals surface area contributed by atoms with Gasteiger partial charge in [0.25, 0.3) is 0 Å². The highest BCUT2D eigenvalue weighted by Crippen LogP contribution is 2.22. The minimum Gasteiger partial charge on any atom is -0.313 e. The van der Waals surface area contributed by atoms with Crippen molar-refractivity contribution in [2.75, 3.05) is 11.3 Å². The van der Waals surface area contributed by atoms with Gasteiger partial charge < -0.3 is 5.32 Å². The Balaban J connectivity index is 2.75. The van der Waals surface area contributed by atoms with Crippen molar-refractivity contribution in [2.45, 2.75) is 39.0 Å². The molecule has 1 aromatic carbocycles. The molecule has 6 heteroatoms. The lowest BCUT2D eigenvalue weighted by atomic mass is 10.2. The summed E-state index contributed by atoms with van der Waals surface area (Å²) in [4.78, 5) is 0. The van der Waals surface area contributed by atoms with Crippen molar-refractivity contribution < 1.29 is 8.42 Å². The van der Waals surface area contributed by atoms with Crippen LogP contribution in [0.5, 0.6) is 0 Å². The summed E-state index contributed by atoms with van der Waals surface area (Å²) in [7, 11) is -3.37. The normalized spacial score (nSPS) is 13.6. The summed E-state index contributed by atoms with van der Waals surface area (Å²) in [5.41, 5.74) is 1.64. The molecule has 0 fully saturated rings. The Hall–Kier alpha value is -0.590. The molecule has 0 aromatic heterocycles. The third-order valence-electron chi connectivity index (χ3n) is 2.78. The number of rotatable bonds is 6. The minimum absolute atomic E-state index is 0.270. The van der Waals surface area contributed by atoms with E-state index < -0.39 is 15.3 Å². The standard InChI is InChI=1S/C13H21BrN2O2S/c1-9(2)15-8-11(4)19(17,18)16-12-6-5-10(3)13(14)7-12/h5-7,9,11,15-16H,8H2,1-4H3. The Labute approximate surface area is 124 Å². The molecular formula is C13H21BrN2O2S. The summed E-state index contributed by atoms with van der Waals surface area (Å²) in [5, 5.41) is 2.64. The maximum Gasteiger partial charge on any atom is 0.236 e. The third-order valence-corrected chi connectivity index (χ3v) is 5.38. The summed E-state index contributed by atoms with van der Waals surface area (Å²) in [5.74, 6) is 0. The molecule has 1 aromatic rings. The average Bonchev–Trinajstić information content (AvgIpc) is 2.30. The largest absolute Gasteiger partial charge is 0.313 e. The van der Waals surface area contributed by atoms with E-state index in [2.05, 4.69) is 26.0 Å². The second-order valence-electron chi connectivity index (χ2n) is 4.98. The fourth-order valence-electron chi connectivity index (χ4n) is 1.43. The maximum atomic E-state index is 12.1. The van der Waals surface area contributed by atoms with Crippen LogP contribution < -0.4 is 10.0 Å². The van der Waals surface area contributed by atoms with Crippen molar-refractivity contribution in [1.29, 1.82) is 0 Å². The van der Waals surface area contributed by atoms with Crippen molar-refractivity contribution in [2.24, 2.45) is 0 Å². The number of halogens is 1. The van der Waals surface area contributed by atoms with Crippen molar-refractivity contribution in [3.63, 3.8) is 0 Å². The van der Waals surface area contributed by atoms with Crippen LogP contribution >= 0.6 is 15.9 Å². The highest BCUT2D eigenvalue weighted by Gasteiger charge is 2.20. The lowest BCUT2D eigenvalue weighted by Gasteiger charge is -2.17. The topological polar surface area (TPSA) is 58.2 Å². The van der Waals surface area contributed by atoms with Crippen LogP contribution in [0.2, 0.25) is 0 Å². The molecule has 0 bridgehead atoms. The van der Waals surface area contributed by atoms with E-state index in [-0.39, 0.29) is 6.04 Å². The van der Waals surface area contributed by atoms with E-state index in [1.54, 1.807) is 19.1 Å². The van der Waals surface area contributed by atoms with Crippen molar-refractivity contribution in [1.82, 2.24) is 5.32 Å². The van der Waals surface area contributed by atoms with Crippen LogP contribution in [0.25, 0.3) is 0 Å². The van der Waals surface area contributed by atoms with Gasteiger partial charge >= 0.3 is 0 Å². The fraction of sp³-hybridized carbons (Fsp3) is 0.538. The molecule has 0 aliphatic heterocycles. The van der Waals surface area contributed by atoms with Crippen LogP contribution in [-0.2, 0) is 10.0 Å². The van der Waals surface area contributed by atoms with Gasteiger partial charge in [-0.1, -0.05) is 35.8 Å². The predicted octanol–water partition coefficient (Wildman–Crippen LogP) is 2.89. The Bertz CT molecular complexity index is 529. The number of benzene rings is 1. The fourth-order valence-corrected chi connectivity index (χ4v) is 2.78. The first-order chi connectivity index (χ1) is 8.72. The monoisotopic (exact) mass is 348 g/mol. The van der Waals surface area contributed by atoms with E-state index >= 15 is 0 Å². The highest BCUT2D eigenvalue weighted by atomic mass is 79.9. The quantitative estimate of drug-likeness (QED) is 0.830. The molecule has 4 nitrogen and oxygen atoms in total. The summed E-state index contributed by atoms with van der Waals surface area (Å²) in [6.07, 6.45) is 0. The zero-order valence-corrected chi connectivity index (χ0v) is 14.1. The molecule has 1 rings (SSSR count). The second-order valence-corrected chi connectivity index (χ2v) is 7.94. The number of nitrogens with one attached hydrogen (secondary N) is 2. The van der Waals surface area contributed by atoms with E-state index in [1.807, 2.05) is 26.8 Å². The van der Waals surface area contributed by atoms with Gasteiger partial charge in [0.2, 0.25) is 10.0 Å². The van der Waals surface area contributed by atoms with Gasteiger partial charge in [0.05, 0.1) is 5.25 Å². The summed E-state index contributed by atoms with van der Waals surface area (Å²) in [6.45, 7) is 8.06.